The fraction of sp³-hybridized carbons (Fsp3) is 0.714. The van der Waals surface area contributed by atoms with Crippen LogP contribution >= 0.6 is 0 Å². The van der Waals surface area contributed by atoms with Crippen LogP contribution in [0.2, 0.25) is 0 Å². The predicted molar refractivity (Wildman–Crippen MR) is 73.2 cm³/mol. The monoisotopic (exact) mass is 248 g/mol. The van der Waals surface area contributed by atoms with Crippen LogP contribution in [0.3, 0.4) is 0 Å². The molecule has 18 heavy (non-hydrogen) atoms. The summed E-state index contributed by atoms with van der Waals surface area (Å²) in [6, 6.07) is 5.26. The van der Waals surface area contributed by atoms with Gasteiger partial charge >= 0.3 is 0 Å². The molecule has 4 nitrogen and oxygen atoms in total. The molecule has 1 aromatic heterocycles. The standard InChI is InChI=1S/C14H24N4/c1-12(2)18-9-4-6-13(7-10-18)15-11-14-5-3-8-16-17-14/h3,5,8,12-13,15H,4,6-7,9-11H2,1-2H3. The van der Waals surface area contributed by atoms with Gasteiger partial charge in [-0.2, -0.15) is 10.2 Å². The number of hydrogen-bond acceptors (Lipinski definition) is 4. The number of rotatable bonds is 4. The third-order valence-electron chi connectivity index (χ3n) is 3.69. The molecular formula is C14H24N4. The zero-order valence-corrected chi connectivity index (χ0v) is 11.5. The quantitative estimate of drug-likeness (QED) is 0.882. The molecule has 1 N–H and O–H groups in total. The molecule has 1 aliphatic rings. The van der Waals surface area contributed by atoms with Crippen LogP contribution in [0.1, 0.15) is 38.8 Å². The van der Waals surface area contributed by atoms with Gasteiger partial charge in [0, 0.05) is 24.8 Å². The van der Waals surface area contributed by atoms with Crippen LogP contribution in [-0.4, -0.2) is 40.3 Å². The van der Waals surface area contributed by atoms with E-state index in [0.29, 0.717) is 12.1 Å². The van der Waals surface area contributed by atoms with Gasteiger partial charge in [0.15, 0.2) is 0 Å². The lowest BCUT2D eigenvalue weighted by atomic mass is 10.1. The Hall–Kier alpha value is -1.00. The summed E-state index contributed by atoms with van der Waals surface area (Å²) in [7, 11) is 0. The summed E-state index contributed by atoms with van der Waals surface area (Å²) in [5.41, 5.74) is 1.03. The fourth-order valence-electron chi connectivity index (χ4n) is 2.52. The summed E-state index contributed by atoms with van der Waals surface area (Å²) >= 11 is 0. The summed E-state index contributed by atoms with van der Waals surface area (Å²) < 4.78 is 0. The van der Waals surface area contributed by atoms with E-state index in [1.165, 1.54) is 32.4 Å². The maximum absolute atomic E-state index is 4.11. The van der Waals surface area contributed by atoms with Gasteiger partial charge in [0.2, 0.25) is 0 Å². The van der Waals surface area contributed by atoms with Gasteiger partial charge in [-0.3, -0.25) is 0 Å². The molecule has 0 aliphatic carbocycles. The van der Waals surface area contributed by atoms with Gasteiger partial charge in [0.1, 0.15) is 0 Å². The highest BCUT2D eigenvalue weighted by molar-refractivity contribution is 4.98. The average molecular weight is 248 g/mol. The van der Waals surface area contributed by atoms with Crippen molar-refractivity contribution in [3.63, 3.8) is 0 Å². The largest absolute Gasteiger partial charge is 0.308 e. The van der Waals surface area contributed by atoms with Crippen molar-refractivity contribution in [3.8, 4) is 0 Å². The highest BCUT2D eigenvalue weighted by atomic mass is 15.2. The van der Waals surface area contributed by atoms with Crippen molar-refractivity contribution in [2.45, 2.75) is 51.7 Å². The second kappa shape index (κ2) is 6.81. The molecule has 1 aromatic rings. The van der Waals surface area contributed by atoms with E-state index in [9.17, 15) is 0 Å². The Labute approximate surface area is 110 Å². The van der Waals surface area contributed by atoms with Crippen LogP contribution in [0, 0.1) is 0 Å². The maximum Gasteiger partial charge on any atom is 0.0769 e. The summed E-state index contributed by atoms with van der Waals surface area (Å²) in [6.07, 6.45) is 5.51. The topological polar surface area (TPSA) is 41.0 Å². The number of nitrogens with zero attached hydrogens (tertiary/aromatic N) is 3. The molecule has 1 atom stereocenters. The second-order valence-corrected chi connectivity index (χ2v) is 5.35. The fourth-order valence-corrected chi connectivity index (χ4v) is 2.52. The van der Waals surface area contributed by atoms with Crippen LogP contribution in [0.4, 0.5) is 0 Å². The van der Waals surface area contributed by atoms with Crippen LogP contribution in [0.15, 0.2) is 18.3 Å². The number of aromatic nitrogens is 2. The van der Waals surface area contributed by atoms with E-state index in [0.717, 1.165) is 12.2 Å². The molecule has 4 heteroatoms. The smallest absolute Gasteiger partial charge is 0.0769 e. The molecule has 1 fully saturated rings. The number of likely N-dealkylation sites (tertiary alicyclic amines) is 1. The van der Waals surface area contributed by atoms with E-state index in [-0.39, 0.29) is 0 Å². The highest BCUT2D eigenvalue weighted by Gasteiger charge is 2.18. The van der Waals surface area contributed by atoms with Gasteiger partial charge < -0.3 is 10.2 Å². The lowest BCUT2D eigenvalue weighted by Crippen LogP contribution is -2.34. The first-order valence-corrected chi connectivity index (χ1v) is 6.99. The van der Waals surface area contributed by atoms with Gasteiger partial charge in [-0.15, -0.1) is 0 Å². The van der Waals surface area contributed by atoms with E-state index in [1.807, 2.05) is 12.1 Å². The van der Waals surface area contributed by atoms with Crippen molar-refractivity contribution >= 4 is 0 Å². The molecule has 100 valence electrons. The molecule has 2 rings (SSSR count). The zero-order chi connectivity index (χ0) is 12.8. The van der Waals surface area contributed by atoms with Gasteiger partial charge in [-0.05, 0) is 58.3 Å². The molecule has 0 amide bonds. The highest BCUT2D eigenvalue weighted by Crippen LogP contribution is 2.13. The van der Waals surface area contributed by atoms with Gasteiger partial charge in [0.05, 0.1) is 5.69 Å². The van der Waals surface area contributed by atoms with Crippen LogP contribution < -0.4 is 5.32 Å². The average Bonchev–Trinajstić information content (AvgIpc) is 2.63. The van der Waals surface area contributed by atoms with Crippen molar-refractivity contribution < 1.29 is 0 Å². The summed E-state index contributed by atoms with van der Waals surface area (Å²) in [6.45, 7) is 7.84. The van der Waals surface area contributed by atoms with Crippen LogP contribution in [0.5, 0.6) is 0 Å². The SMILES string of the molecule is CC(C)N1CCCC(NCc2cccnn2)CC1. The van der Waals surface area contributed by atoms with Gasteiger partial charge in [0.25, 0.3) is 0 Å². The number of hydrogen-bond donors (Lipinski definition) is 1. The molecule has 0 bridgehead atoms. The molecule has 0 radical (unpaired) electrons. The second-order valence-electron chi connectivity index (χ2n) is 5.35. The van der Waals surface area contributed by atoms with Crippen molar-refractivity contribution in [1.29, 1.82) is 0 Å². The Kier molecular flexibility index (Phi) is 5.08. The molecule has 2 heterocycles. The van der Waals surface area contributed by atoms with E-state index in [4.69, 9.17) is 0 Å². The molecule has 1 aliphatic heterocycles. The Morgan fingerprint density at radius 2 is 2.28 bits per heavy atom. The lowest BCUT2D eigenvalue weighted by molar-refractivity contribution is 0.229. The molecule has 0 saturated carbocycles. The maximum atomic E-state index is 4.11. The molecule has 0 aromatic carbocycles. The van der Waals surface area contributed by atoms with Crippen molar-refractivity contribution in [2.75, 3.05) is 13.1 Å². The first-order valence-electron chi connectivity index (χ1n) is 6.99. The van der Waals surface area contributed by atoms with E-state index >= 15 is 0 Å². The third-order valence-corrected chi connectivity index (χ3v) is 3.69. The molecule has 1 unspecified atom stereocenters. The van der Waals surface area contributed by atoms with E-state index in [2.05, 4.69) is 34.3 Å². The Morgan fingerprint density at radius 1 is 1.39 bits per heavy atom. The van der Waals surface area contributed by atoms with E-state index < -0.39 is 0 Å². The first-order chi connectivity index (χ1) is 8.75. The zero-order valence-electron chi connectivity index (χ0n) is 11.5. The molecule has 1 saturated heterocycles. The van der Waals surface area contributed by atoms with Gasteiger partial charge in [-0.1, -0.05) is 0 Å². The minimum atomic E-state index is 0.621. The normalized spacial score (nSPS) is 22.1. The van der Waals surface area contributed by atoms with Crippen molar-refractivity contribution in [2.24, 2.45) is 0 Å². The summed E-state index contributed by atoms with van der Waals surface area (Å²) in [4.78, 5) is 2.57. The third kappa shape index (κ3) is 4.03. The summed E-state index contributed by atoms with van der Waals surface area (Å²) in [5.74, 6) is 0. The van der Waals surface area contributed by atoms with Gasteiger partial charge in [-0.25, -0.2) is 0 Å². The minimum Gasteiger partial charge on any atom is -0.308 e. The van der Waals surface area contributed by atoms with Crippen molar-refractivity contribution in [3.05, 3.63) is 24.0 Å². The minimum absolute atomic E-state index is 0.621. The lowest BCUT2D eigenvalue weighted by Gasteiger charge is -2.24. The molecular weight excluding hydrogens is 224 g/mol. The Balaban J connectivity index is 1.77. The van der Waals surface area contributed by atoms with Crippen molar-refractivity contribution in [1.82, 2.24) is 20.4 Å². The van der Waals surface area contributed by atoms with Crippen LogP contribution in [0.25, 0.3) is 0 Å². The first kappa shape index (κ1) is 13.4. The molecule has 0 spiro atoms. The Bertz CT molecular complexity index is 339. The Morgan fingerprint density at radius 3 is 3.00 bits per heavy atom. The van der Waals surface area contributed by atoms with E-state index in [1.54, 1.807) is 6.20 Å². The van der Waals surface area contributed by atoms with Crippen LogP contribution in [-0.2, 0) is 6.54 Å². The number of nitrogens with one attached hydrogen (secondary N) is 1. The predicted octanol–water partition coefficient (Wildman–Crippen LogP) is 1.83. The summed E-state index contributed by atoms with van der Waals surface area (Å²) in [5, 5.41) is 11.6.